The molecular formula is C12H21BrN4. The lowest BCUT2D eigenvalue weighted by Crippen LogP contribution is -2.36. The van der Waals surface area contributed by atoms with E-state index in [9.17, 15) is 0 Å². The highest BCUT2D eigenvalue weighted by atomic mass is 79.9. The third-order valence-electron chi connectivity index (χ3n) is 3.55. The van der Waals surface area contributed by atoms with Crippen LogP contribution in [0.3, 0.4) is 0 Å². The minimum atomic E-state index is 0.669. The van der Waals surface area contributed by atoms with Crippen LogP contribution in [0.15, 0.2) is 4.47 Å². The second-order valence-corrected chi connectivity index (χ2v) is 5.59. The molecule has 0 radical (unpaired) electrons. The van der Waals surface area contributed by atoms with E-state index in [4.69, 9.17) is 0 Å². The second-order valence-electron chi connectivity index (χ2n) is 4.79. The summed E-state index contributed by atoms with van der Waals surface area (Å²) in [6.07, 6.45) is 2.61. The van der Waals surface area contributed by atoms with Gasteiger partial charge in [0.15, 0.2) is 0 Å². The van der Waals surface area contributed by atoms with E-state index in [2.05, 4.69) is 31.2 Å². The van der Waals surface area contributed by atoms with Crippen molar-refractivity contribution in [3.63, 3.8) is 0 Å². The number of nitrogens with one attached hydrogen (secondary N) is 1. The lowest BCUT2D eigenvalue weighted by atomic mass is 10.2. The number of aryl methyl sites for hydroxylation is 2. The van der Waals surface area contributed by atoms with Gasteiger partial charge in [-0.15, -0.1) is 0 Å². The summed E-state index contributed by atoms with van der Waals surface area (Å²) in [6.45, 7) is 5.31. The normalized spacial score (nSPS) is 21.3. The van der Waals surface area contributed by atoms with Gasteiger partial charge in [-0.05, 0) is 49.3 Å². The summed E-state index contributed by atoms with van der Waals surface area (Å²) in [5.74, 6) is 0. The van der Waals surface area contributed by atoms with Crippen molar-refractivity contribution in [1.29, 1.82) is 0 Å². The average molecular weight is 301 g/mol. The van der Waals surface area contributed by atoms with E-state index in [0.717, 1.165) is 23.3 Å². The first-order valence-corrected chi connectivity index (χ1v) is 6.99. The van der Waals surface area contributed by atoms with Crippen LogP contribution in [-0.2, 0) is 13.6 Å². The number of rotatable bonds is 4. The van der Waals surface area contributed by atoms with Crippen molar-refractivity contribution in [3.8, 4) is 0 Å². The van der Waals surface area contributed by atoms with Gasteiger partial charge in [-0.3, -0.25) is 9.58 Å². The van der Waals surface area contributed by atoms with E-state index in [1.807, 2.05) is 25.7 Å². The summed E-state index contributed by atoms with van der Waals surface area (Å²) in [6, 6.07) is 0.669. The molecule has 1 N–H and O–H groups in total. The fourth-order valence-corrected chi connectivity index (χ4v) is 3.08. The molecule has 0 aliphatic carbocycles. The Labute approximate surface area is 111 Å². The Kier molecular flexibility index (Phi) is 4.22. The van der Waals surface area contributed by atoms with Crippen LogP contribution in [0.1, 0.15) is 24.2 Å². The van der Waals surface area contributed by atoms with Crippen molar-refractivity contribution >= 4 is 15.9 Å². The zero-order valence-corrected chi connectivity index (χ0v) is 12.4. The molecule has 0 amide bonds. The van der Waals surface area contributed by atoms with E-state index >= 15 is 0 Å². The first kappa shape index (κ1) is 13.1. The van der Waals surface area contributed by atoms with Crippen molar-refractivity contribution in [3.05, 3.63) is 15.9 Å². The summed E-state index contributed by atoms with van der Waals surface area (Å²) < 4.78 is 3.16. The van der Waals surface area contributed by atoms with Crippen molar-refractivity contribution in [2.75, 3.05) is 20.1 Å². The molecule has 1 aliphatic rings. The first-order chi connectivity index (χ1) is 8.13. The zero-order chi connectivity index (χ0) is 12.4. The minimum Gasteiger partial charge on any atom is -0.318 e. The number of hydrogen-bond donors (Lipinski definition) is 1. The van der Waals surface area contributed by atoms with Crippen molar-refractivity contribution < 1.29 is 0 Å². The average Bonchev–Trinajstić information content (AvgIpc) is 2.81. The van der Waals surface area contributed by atoms with E-state index in [1.165, 1.54) is 25.1 Å². The van der Waals surface area contributed by atoms with Crippen LogP contribution in [-0.4, -0.2) is 40.9 Å². The molecular weight excluding hydrogens is 280 g/mol. The topological polar surface area (TPSA) is 33.1 Å². The summed E-state index contributed by atoms with van der Waals surface area (Å²) in [7, 11) is 4.05. The van der Waals surface area contributed by atoms with E-state index in [1.54, 1.807) is 0 Å². The van der Waals surface area contributed by atoms with Gasteiger partial charge < -0.3 is 5.32 Å². The lowest BCUT2D eigenvalue weighted by Gasteiger charge is -2.24. The van der Waals surface area contributed by atoms with E-state index in [0.29, 0.717) is 6.04 Å². The molecule has 2 heterocycles. The Morgan fingerprint density at radius 2 is 2.29 bits per heavy atom. The Morgan fingerprint density at radius 3 is 2.88 bits per heavy atom. The maximum Gasteiger partial charge on any atom is 0.0739 e. The van der Waals surface area contributed by atoms with Crippen molar-refractivity contribution in [1.82, 2.24) is 20.0 Å². The van der Waals surface area contributed by atoms with Gasteiger partial charge in [0.2, 0.25) is 0 Å². The minimum absolute atomic E-state index is 0.669. The van der Waals surface area contributed by atoms with E-state index < -0.39 is 0 Å². The predicted molar refractivity (Wildman–Crippen MR) is 73.0 cm³/mol. The highest BCUT2D eigenvalue weighted by Gasteiger charge is 2.25. The lowest BCUT2D eigenvalue weighted by molar-refractivity contribution is 0.236. The van der Waals surface area contributed by atoms with Crippen LogP contribution in [0.4, 0.5) is 0 Å². The monoisotopic (exact) mass is 300 g/mol. The molecule has 96 valence electrons. The fraction of sp³-hybridized carbons (Fsp3) is 0.750. The summed E-state index contributed by atoms with van der Waals surface area (Å²) >= 11 is 3.64. The second kappa shape index (κ2) is 5.50. The molecule has 1 saturated heterocycles. The molecule has 1 aliphatic heterocycles. The van der Waals surface area contributed by atoms with Gasteiger partial charge in [0.05, 0.1) is 15.9 Å². The molecule has 1 aromatic rings. The molecule has 4 nitrogen and oxygen atoms in total. The number of nitrogens with zero attached hydrogens (tertiary/aromatic N) is 3. The molecule has 1 atom stereocenters. The molecule has 0 bridgehead atoms. The molecule has 0 saturated carbocycles. The van der Waals surface area contributed by atoms with Crippen LogP contribution in [0.25, 0.3) is 0 Å². The third kappa shape index (κ3) is 2.72. The zero-order valence-electron chi connectivity index (χ0n) is 10.8. The molecule has 1 fully saturated rings. The van der Waals surface area contributed by atoms with Gasteiger partial charge in [0.25, 0.3) is 0 Å². The SMILES string of the molecule is CNCC1CCCN1Cc1c(Br)c(C)nn1C. The Morgan fingerprint density at radius 1 is 1.53 bits per heavy atom. The maximum atomic E-state index is 4.45. The maximum absolute atomic E-state index is 4.45. The van der Waals surface area contributed by atoms with Gasteiger partial charge in [0.1, 0.15) is 0 Å². The van der Waals surface area contributed by atoms with Crippen LogP contribution < -0.4 is 5.32 Å². The number of aromatic nitrogens is 2. The quantitative estimate of drug-likeness (QED) is 0.918. The first-order valence-electron chi connectivity index (χ1n) is 6.20. The number of likely N-dealkylation sites (tertiary alicyclic amines) is 1. The molecule has 5 heteroatoms. The Bertz CT molecular complexity index is 388. The fourth-order valence-electron chi connectivity index (χ4n) is 2.61. The van der Waals surface area contributed by atoms with Gasteiger partial charge >= 0.3 is 0 Å². The highest BCUT2D eigenvalue weighted by molar-refractivity contribution is 9.10. The van der Waals surface area contributed by atoms with Crippen LogP contribution in [0.2, 0.25) is 0 Å². The molecule has 0 aromatic carbocycles. The van der Waals surface area contributed by atoms with Crippen LogP contribution >= 0.6 is 15.9 Å². The smallest absolute Gasteiger partial charge is 0.0739 e. The Hall–Kier alpha value is -0.390. The molecule has 17 heavy (non-hydrogen) atoms. The van der Waals surface area contributed by atoms with Gasteiger partial charge in [-0.25, -0.2) is 0 Å². The molecule has 1 unspecified atom stereocenters. The van der Waals surface area contributed by atoms with Crippen LogP contribution in [0.5, 0.6) is 0 Å². The van der Waals surface area contributed by atoms with Gasteiger partial charge in [-0.1, -0.05) is 0 Å². The number of likely N-dealkylation sites (N-methyl/N-ethyl adjacent to an activating group) is 1. The van der Waals surface area contributed by atoms with Crippen molar-refractivity contribution in [2.45, 2.75) is 32.4 Å². The summed E-state index contributed by atoms with van der Waals surface area (Å²) in [5.41, 5.74) is 2.36. The van der Waals surface area contributed by atoms with E-state index in [-0.39, 0.29) is 0 Å². The van der Waals surface area contributed by atoms with Gasteiger partial charge in [-0.2, -0.15) is 5.10 Å². The predicted octanol–water partition coefficient (Wildman–Crippen LogP) is 1.67. The number of hydrogen-bond acceptors (Lipinski definition) is 3. The largest absolute Gasteiger partial charge is 0.318 e. The summed E-state index contributed by atoms with van der Waals surface area (Å²) in [4.78, 5) is 2.55. The third-order valence-corrected chi connectivity index (χ3v) is 4.58. The Balaban J connectivity index is 2.09. The van der Waals surface area contributed by atoms with Crippen LogP contribution in [0, 0.1) is 6.92 Å². The van der Waals surface area contributed by atoms with Gasteiger partial charge in [0, 0.05) is 26.2 Å². The molecule has 2 rings (SSSR count). The van der Waals surface area contributed by atoms with Crippen molar-refractivity contribution in [2.24, 2.45) is 7.05 Å². The number of halogens is 1. The molecule has 1 aromatic heterocycles. The summed E-state index contributed by atoms with van der Waals surface area (Å²) in [5, 5.41) is 7.74. The molecule has 0 spiro atoms. The standard InChI is InChI=1S/C12H21BrN4/c1-9-12(13)11(16(3)15-9)8-17-6-4-5-10(17)7-14-2/h10,14H,4-8H2,1-3H3. The highest BCUT2D eigenvalue weighted by Crippen LogP contribution is 2.25.